The molecule has 2 amide bonds. The molecule has 1 aliphatic heterocycles. The molecule has 0 spiro atoms. The highest BCUT2D eigenvalue weighted by Gasteiger charge is 2.46. The highest BCUT2D eigenvalue weighted by atomic mass is 19.1. The number of likely N-dealkylation sites (tertiary alicyclic amines) is 1. The lowest BCUT2D eigenvalue weighted by atomic mass is 9.73. The molecule has 2 aromatic rings. The zero-order valence-corrected chi connectivity index (χ0v) is 17.7. The van der Waals surface area contributed by atoms with Crippen molar-refractivity contribution in [3.8, 4) is 11.1 Å². The number of carbonyl (C=O) groups excluding carboxylic acids is 2. The standard InChI is InChI=1S/C25H29FN2O2/c1-27(2)24(30)25(14-5-15-28(17-25)23(29)20-12-13-20)16-18-8-10-19(11-9-18)21-6-3-4-7-22(21)26/h3-4,6-11,20H,5,12-17H2,1-2H3/t25-/m1/s1. The van der Waals surface area contributed by atoms with E-state index in [0.717, 1.165) is 43.4 Å². The van der Waals surface area contributed by atoms with Gasteiger partial charge in [-0.25, -0.2) is 4.39 Å². The summed E-state index contributed by atoms with van der Waals surface area (Å²) in [5.41, 5.74) is 1.82. The summed E-state index contributed by atoms with van der Waals surface area (Å²) in [7, 11) is 3.57. The van der Waals surface area contributed by atoms with Crippen LogP contribution in [0.4, 0.5) is 4.39 Å². The van der Waals surface area contributed by atoms with E-state index in [9.17, 15) is 14.0 Å². The van der Waals surface area contributed by atoms with Gasteiger partial charge in [-0.05, 0) is 49.3 Å². The normalized spacial score (nSPS) is 21.4. The molecule has 0 bridgehead atoms. The highest BCUT2D eigenvalue weighted by Crippen LogP contribution is 2.39. The van der Waals surface area contributed by atoms with Crippen LogP contribution in [0.15, 0.2) is 48.5 Å². The van der Waals surface area contributed by atoms with E-state index in [1.165, 1.54) is 6.07 Å². The maximum atomic E-state index is 14.1. The number of hydrogen-bond donors (Lipinski definition) is 0. The van der Waals surface area contributed by atoms with E-state index in [-0.39, 0.29) is 23.5 Å². The Hall–Kier alpha value is -2.69. The van der Waals surface area contributed by atoms with Gasteiger partial charge in [0, 0.05) is 38.7 Å². The van der Waals surface area contributed by atoms with Crippen LogP contribution in [0.2, 0.25) is 0 Å². The molecular weight excluding hydrogens is 379 g/mol. The largest absolute Gasteiger partial charge is 0.348 e. The van der Waals surface area contributed by atoms with Crippen LogP contribution >= 0.6 is 0 Å². The van der Waals surface area contributed by atoms with E-state index >= 15 is 0 Å². The van der Waals surface area contributed by atoms with Gasteiger partial charge < -0.3 is 9.80 Å². The Bertz CT molecular complexity index is 936. The predicted molar refractivity (Wildman–Crippen MR) is 115 cm³/mol. The average molecular weight is 409 g/mol. The third-order valence-corrected chi connectivity index (χ3v) is 6.36. The molecule has 1 saturated heterocycles. The zero-order valence-electron chi connectivity index (χ0n) is 17.7. The summed E-state index contributed by atoms with van der Waals surface area (Å²) >= 11 is 0. The first-order chi connectivity index (χ1) is 14.4. The van der Waals surface area contributed by atoms with Crippen molar-refractivity contribution >= 4 is 11.8 Å². The van der Waals surface area contributed by atoms with E-state index in [2.05, 4.69) is 0 Å². The van der Waals surface area contributed by atoms with Crippen LogP contribution in [0.3, 0.4) is 0 Å². The number of nitrogens with zero attached hydrogens (tertiary/aromatic N) is 2. The monoisotopic (exact) mass is 408 g/mol. The fourth-order valence-electron chi connectivity index (χ4n) is 4.67. The minimum Gasteiger partial charge on any atom is -0.348 e. The van der Waals surface area contributed by atoms with Gasteiger partial charge in [0.1, 0.15) is 5.82 Å². The first-order valence-electron chi connectivity index (χ1n) is 10.7. The van der Waals surface area contributed by atoms with Crippen molar-refractivity contribution in [2.45, 2.75) is 32.1 Å². The molecule has 4 rings (SSSR count). The van der Waals surface area contributed by atoms with Crippen LogP contribution in [0.25, 0.3) is 11.1 Å². The number of piperidine rings is 1. The molecule has 1 saturated carbocycles. The van der Waals surface area contributed by atoms with Gasteiger partial charge in [0.25, 0.3) is 0 Å². The van der Waals surface area contributed by atoms with E-state index in [1.807, 2.05) is 35.2 Å². The second kappa shape index (κ2) is 8.21. The van der Waals surface area contributed by atoms with Crippen molar-refractivity contribution in [2.75, 3.05) is 27.2 Å². The van der Waals surface area contributed by atoms with Crippen LogP contribution in [0, 0.1) is 17.2 Å². The van der Waals surface area contributed by atoms with Gasteiger partial charge in [-0.1, -0.05) is 42.5 Å². The van der Waals surface area contributed by atoms with Crippen molar-refractivity contribution < 1.29 is 14.0 Å². The van der Waals surface area contributed by atoms with Gasteiger partial charge in [-0.15, -0.1) is 0 Å². The predicted octanol–water partition coefficient (Wildman–Crippen LogP) is 4.14. The Morgan fingerprint density at radius 3 is 2.43 bits per heavy atom. The lowest BCUT2D eigenvalue weighted by molar-refractivity contribution is -0.147. The number of rotatable bonds is 5. The minimum atomic E-state index is -0.605. The zero-order chi connectivity index (χ0) is 21.3. The highest BCUT2D eigenvalue weighted by molar-refractivity contribution is 5.86. The summed E-state index contributed by atoms with van der Waals surface area (Å²) in [6.45, 7) is 1.22. The Balaban J connectivity index is 1.58. The topological polar surface area (TPSA) is 40.6 Å². The smallest absolute Gasteiger partial charge is 0.230 e. The minimum absolute atomic E-state index is 0.0778. The first kappa shape index (κ1) is 20.6. The molecule has 1 aliphatic carbocycles. The number of amides is 2. The molecule has 4 nitrogen and oxygen atoms in total. The lowest BCUT2D eigenvalue weighted by Crippen LogP contribution is -2.54. The first-order valence-corrected chi connectivity index (χ1v) is 10.7. The Morgan fingerprint density at radius 1 is 1.10 bits per heavy atom. The molecule has 2 fully saturated rings. The average Bonchev–Trinajstić information content (AvgIpc) is 3.59. The Kier molecular flexibility index (Phi) is 5.63. The summed E-state index contributed by atoms with van der Waals surface area (Å²) in [5.74, 6) is 0.204. The molecule has 0 radical (unpaired) electrons. The maximum Gasteiger partial charge on any atom is 0.230 e. The summed E-state index contributed by atoms with van der Waals surface area (Å²) in [6, 6.07) is 14.5. The van der Waals surface area contributed by atoms with Crippen molar-refractivity contribution in [3.63, 3.8) is 0 Å². The Morgan fingerprint density at radius 2 is 1.80 bits per heavy atom. The van der Waals surface area contributed by atoms with Crippen LogP contribution in [-0.2, 0) is 16.0 Å². The van der Waals surface area contributed by atoms with Crippen molar-refractivity contribution in [2.24, 2.45) is 11.3 Å². The van der Waals surface area contributed by atoms with Gasteiger partial charge in [0.05, 0.1) is 5.41 Å². The fourth-order valence-corrected chi connectivity index (χ4v) is 4.67. The van der Waals surface area contributed by atoms with Gasteiger partial charge in [-0.3, -0.25) is 9.59 Å². The molecule has 30 heavy (non-hydrogen) atoms. The second-order valence-electron chi connectivity index (χ2n) is 8.97. The van der Waals surface area contributed by atoms with Crippen LogP contribution in [0.5, 0.6) is 0 Å². The van der Waals surface area contributed by atoms with Gasteiger partial charge >= 0.3 is 0 Å². The van der Waals surface area contributed by atoms with Crippen molar-refractivity contribution in [1.29, 1.82) is 0 Å². The summed E-state index contributed by atoms with van der Waals surface area (Å²) in [4.78, 5) is 29.5. The van der Waals surface area contributed by atoms with E-state index < -0.39 is 5.41 Å². The molecule has 1 heterocycles. The molecule has 2 aliphatic rings. The molecular formula is C25H29FN2O2. The van der Waals surface area contributed by atoms with E-state index in [1.54, 1.807) is 31.1 Å². The van der Waals surface area contributed by atoms with Crippen LogP contribution < -0.4 is 0 Å². The second-order valence-corrected chi connectivity index (χ2v) is 8.97. The fraction of sp³-hybridized carbons (Fsp3) is 0.440. The SMILES string of the molecule is CN(C)C(=O)[C@@]1(Cc2ccc(-c3ccccc3F)cc2)CCCN(C(=O)C2CC2)C1. The van der Waals surface area contributed by atoms with Gasteiger partial charge in [0.2, 0.25) is 11.8 Å². The molecule has 0 unspecified atom stereocenters. The quantitative estimate of drug-likeness (QED) is 0.746. The summed E-state index contributed by atoms with van der Waals surface area (Å²) in [5, 5.41) is 0. The molecule has 5 heteroatoms. The van der Waals surface area contributed by atoms with Crippen molar-refractivity contribution in [3.05, 3.63) is 59.9 Å². The number of benzene rings is 2. The number of halogens is 1. The number of carbonyl (C=O) groups is 2. The maximum absolute atomic E-state index is 14.1. The Labute approximate surface area is 177 Å². The van der Waals surface area contributed by atoms with Crippen LogP contribution in [0.1, 0.15) is 31.2 Å². The van der Waals surface area contributed by atoms with Gasteiger partial charge in [-0.2, -0.15) is 0 Å². The summed E-state index contributed by atoms with van der Waals surface area (Å²) in [6.07, 6.45) is 4.14. The third-order valence-electron chi connectivity index (χ3n) is 6.36. The molecule has 0 N–H and O–H groups in total. The van der Waals surface area contributed by atoms with Gasteiger partial charge in [0.15, 0.2) is 0 Å². The lowest BCUT2D eigenvalue weighted by Gasteiger charge is -2.43. The third kappa shape index (κ3) is 4.11. The van der Waals surface area contributed by atoms with E-state index in [4.69, 9.17) is 0 Å². The molecule has 1 atom stereocenters. The molecule has 158 valence electrons. The summed E-state index contributed by atoms with van der Waals surface area (Å²) < 4.78 is 14.1. The number of hydrogen-bond acceptors (Lipinski definition) is 2. The molecule has 2 aromatic carbocycles. The van der Waals surface area contributed by atoms with Crippen LogP contribution in [-0.4, -0.2) is 48.8 Å². The van der Waals surface area contributed by atoms with E-state index in [0.29, 0.717) is 18.5 Å². The molecule has 0 aromatic heterocycles. The van der Waals surface area contributed by atoms with Crippen molar-refractivity contribution in [1.82, 2.24) is 9.80 Å².